The molecule has 1 aliphatic rings. The molecule has 0 saturated heterocycles. The summed E-state index contributed by atoms with van der Waals surface area (Å²) >= 11 is 12.6. The van der Waals surface area contributed by atoms with Gasteiger partial charge in [0.15, 0.2) is 0 Å². The van der Waals surface area contributed by atoms with E-state index in [-0.39, 0.29) is 0 Å². The molecule has 130 valence electrons. The van der Waals surface area contributed by atoms with Crippen LogP contribution < -0.4 is 5.69 Å². The zero-order valence-corrected chi connectivity index (χ0v) is 15.1. The Morgan fingerprint density at radius 2 is 1.73 bits per heavy atom. The van der Waals surface area contributed by atoms with Crippen LogP contribution >= 0.6 is 23.2 Å². The number of nitrogens with zero attached hydrogens (tertiary/aromatic N) is 1. The number of fused-ring (bicyclic) bond motifs is 1. The van der Waals surface area contributed by atoms with Crippen LogP contribution in [0.5, 0.6) is 0 Å². The van der Waals surface area contributed by atoms with Gasteiger partial charge >= 0.3 is 5.69 Å². The molecule has 0 amide bonds. The van der Waals surface area contributed by atoms with Crippen molar-refractivity contribution in [1.82, 2.24) is 9.97 Å². The molecule has 26 heavy (non-hydrogen) atoms. The highest BCUT2D eigenvalue weighted by molar-refractivity contribution is 6.33. The Kier molecular flexibility index (Phi) is 4.64. The zero-order valence-electron chi connectivity index (χ0n) is 13.6. The van der Waals surface area contributed by atoms with Gasteiger partial charge in [0.2, 0.25) is 0 Å². The van der Waals surface area contributed by atoms with E-state index in [0.29, 0.717) is 34.6 Å². The van der Waals surface area contributed by atoms with Crippen molar-refractivity contribution in [1.29, 1.82) is 0 Å². The van der Waals surface area contributed by atoms with Crippen molar-refractivity contribution in [3.05, 3.63) is 85.9 Å². The van der Waals surface area contributed by atoms with Crippen LogP contribution in [0.2, 0.25) is 10.0 Å². The number of H-pyrrole nitrogens is 1. The Labute approximate surface area is 160 Å². The summed E-state index contributed by atoms with van der Waals surface area (Å²) in [6.45, 7) is 0.705. The second-order valence-electron chi connectivity index (χ2n) is 5.91. The van der Waals surface area contributed by atoms with Crippen LogP contribution in [0, 0.1) is 0 Å². The molecule has 1 aromatic heterocycles. The van der Waals surface area contributed by atoms with Crippen molar-refractivity contribution >= 4 is 34.9 Å². The Balaban J connectivity index is 1.92. The summed E-state index contributed by atoms with van der Waals surface area (Å²) in [5.74, 6) is 0. The molecule has 1 N–H and O–H groups in total. The molecule has 4 nitrogen and oxygen atoms in total. The number of rotatable bonds is 2. The molecule has 0 spiro atoms. The van der Waals surface area contributed by atoms with Gasteiger partial charge < -0.3 is 9.72 Å². The lowest BCUT2D eigenvalue weighted by molar-refractivity contribution is 0.146. The van der Waals surface area contributed by atoms with E-state index in [1.165, 1.54) is 0 Å². The fourth-order valence-corrected chi connectivity index (χ4v) is 3.44. The lowest BCUT2D eigenvalue weighted by Gasteiger charge is -2.21. The minimum Gasteiger partial charge on any atom is -0.372 e. The van der Waals surface area contributed by atoms with E-state index in [1.807, 2.05) is 48.5 Å². The predicted octanol–water partition coefficient (Wildman–Crippen LogP) is 4.81. The number of ether oxygens (including phenoxy) is 1. The molecule has 0 saturated carbocycles. The number of benzene rings is 2. The largest absolute Gasteiger partial charge is 0.372 e. The summed E-state index contributed by atoms with van der Waals surface area (Å²) in [4.78, 5) is 19.2. The maximum atomic E-state index is 12.2. The van der Waals surface area contributed by atoms with E-state index < -0.39 is 5.69 Å². The highest BCUT2D eigenvalue weighted by Crippen LogP contribution is 2.34. The number of aromatic amines is 1. The Hall–Kier alpha value is -2.40. The van der Waals surface area contributed by atoms with Crippen LogP contribution in [-0.4, -0.2) is 16.6 Å². The maximum absolute atomic E-state index is 12.2. The molecular weight excluding hydrogens is 371 g/mol. The lowest BCUT2D eigenvalue weighted by Crippen LogP contribution is -2.22. The number of hydrogen-bond acceptors (Lipinski definition) is 3. The van der Waals surface area contributed by atoms with Crippen molar-refractivity contribution in [3.8, 4) is 11.3 Å². The van der Waals surface area contributed by atoms with Crippen LogP contribution in [0.15, 0.2) is 53.3 Å². The standard InChI is InChI=1S/C20H14Cl2N2O2/c21-16-7-3-1-5-12(16)9-13-10-26-11-15-18(13)23-20(25)24-19(15)14-6-2-4-8-17(14)22/h1-9H,10-11H2,(H,23,24,25)/b13-9-. The smallest absolute Gasteiger partial charge is 0.345 e. The van der Waals surface area contributed by atoms with Gasteiger partial charge in [-0.1, -0.05) is 59.6 Å². The maximum Gasteiger partial charge on any atom is 0.345 e. The Morgan fingerprint density at radius 1 is 1.00 bits per heavy atom. The second kappa shape index (κ2) is 7.08. The van der Waals surface area contributed by atoms with Gasteiger partial charge in [-0.15, -0.1) is 0 Å². The minimum absolute atomic E-state index is 0.347. The van der Waals surface area contributed by atoms with Gasteiger partial charge in [0, 0.05) is 26.7 Å². The first-order chi connectivity index (χ1) is 12.6. The fourth-order valence-electron chi connectivity index (χ4n) is 3.02. The molecule has 2 heterocycles. The van der Waals surface area contributed by atoms with Gasteiger partial charge in [-0.3, -0.25) is 0 Å². The average molecular weight is 385 g/mol. The van der Waals surface area contributed by atoms with Crippen molar-refractivity contribution in [2.45, 2.75) is 6.61 Å². The summed E-state index contributed by atoms with van der Waals surface area (Å²) < 4.78 is 5.75. The van der Waals surface area contributed by atoms with E-state index in [4.69, 9.17) is 27.9 Å². The normalized spacial score (nSPS) is 15.1. The molecule has 0 atom stereocenters. The number of nitrogens with one attached hydrogen (secondary N) is 1. The first kappa shape index (κ1) is 17.0. The van der Waals surface area contributed by atoms with Crippen LogP contribution in [0.25, 0.3) is 22.9 Å². The molecule has 0 aliphatic carbocycles. The third-order valence-electron chi connectivity index (χ3n) is 4.22. The molecule has 4 rings (SSSR count). The van der Waals surface area contributed by atoms with E-state index in [9.17, 15) is 4.79 Å². The van der Waals surface area contributed by atoms with E-state index in [1.54, 1.807) is 6.07 Å². The third-order valence-corrected chi connectivity index (χ3v) is 4.89. The summed E-state index contributed by atoms with van der Waals surface area (Å²) in [5.41, 5.74) is 4.03. The summed E-state index contributed by atoms with van der Waals surface area (Å²) in [6, 6.07) is 14.9. The van der Waals surface area contributed by atoms with Crippen LogP contribution in [0.1, 0.15) is 16.8 Å². The quantitative estimate of drug-likeness (QED) is 0.689. The Bertz CT molecular complexity index is 1070. The van der Waals surface area contributed by atoms with Gasteiger partial charge in [-0.05, 0) is 23.8 Å². The van der Waals surface area contributed by atoms with Gasteiger partial charge in [0.25, 0.3) is 0 Å². The topological polar surface area (TPSA) is 55.0 Å². The number of hydrogen-bond donors (Lipinski definition) is 1. The lowest BCUT2D eigenvalue weighted by atomic mass is 9.98. The minimum atomic E-state index is -0.425. The van der Waals surface area contributed by atoms with Crippen molar-refractivity contribution in [2.75, 3.05) is 6.61 Å². The molecule has 6 heteroatoms. The first-order valence-electron chi connectivity index (χ1n) is 8.05. The molecule has 0 fully saturated rings. The molecule has 0 radical (unpaired) electrons. The van der Waals surface area contributed by atoms with Gasteiger partial charge in [-0.2, -0.15) is 4.98 Å². The van der Waals surface area contributed by atoms with Crippen LogP contribution in [0.4, 0.5) is 0 Å². The van der Waals surface area contributed by atoms with Gasteiger partial charge in [-0.25, -0.2) is 4.79 Å². The van der Waals surface area contributed by atoms with E-state index in [2.05, 4.69) is 9.97 Å². The van der Waals surface area contributed by atoms with Gasteiger partial charge in [0.05, 0.1) is 24.6 Å². The second-order valence-corrected chi connectivity index (χ2v) is 6.72. The summed E-state index contributed by atoms with van der Waals surface area (Å²) in [5, 5.41) is 1.18. The summed E-state index contributed by atoms with van der Waals surface area (Å²) in [6.07, 6.45) is 1.91. The predicted molar refractivity (Wildman–Crippen MR) is 104 cm³/mol. The number of halogens is 2. The highest BCUT2D eigenvalue weighted by atomic mass is 35.5. The highest BCUT2D eigenvalue weighted by Gasteiger charge is 2.22. The van der Waals surface area contributed by atoms with Crippen molar-refractivity contribution < 1.29 is 4.74 Å². The molecule has 0 bridgehead atoms. The molecular formula is C20H14Cl2N2O2. The zero-order chi connectivity index (χ0) is 18.1. The average Bonchev–Trinajstić information content (AvgIpc) is 2.64. The van der Waals surface area contributed by atoms with Crippen LogP contribution in [0.3, 0.4) is 0 Å². The van der Waals surface area contributed by atoms with E-state index >= 15 is 0 Å². The number of aromatic nitrogens is 2. The SMILES string of the molecule is O=c1nc2c(c(-c3ccccc3Cl)[nH]1)COC/C2=C/c1ccccc1Cl. The molecule has 1 aliphatic heterocycles. The van der Waals surface area contributed by atoms with Crippen molar-refractivity contribution in [2.24, 2.45) is 0 Å². The summed E-state index contributed by atoms with van der Waals surface area (Å²) in [7, 11) is 0. The molecule has 2 aromatic carbocycles. The first-order valence-corrected chi connectivity index (χ1v) is 8.80. The van der Waals surface area contributed by atoms with Crippen molar-refractivity contribution in [3.63, 3.8) is 0 Å². The monoisotopic (exact) mass is 384 g/mol. The third kappa shape index (κ3) is 3.19. The van der Waals surface area contributed by atoms with E-state index in [0.717, 1.165) is 22.3 Å². The van der Waals surface area contributed by atoms with Crippen LogP contribution in [-0.2, 0) is 11.3 Å². The molecule has 3 aromatic rings. The fraction of sp³-hybridized carbons (Fsp3) is 0.100. The Morgan fingerprint density at radius 3 is 2.50 bits per heavy atom. The molecule has 0 unspecified atom stereocenters. The van der Waals surface area contributed by atoms with Gasteiger partial charge in [0.1, 0.15) is 0 Å².